The Balaban J connectivity index is 0.000000166. The van der Waals surface area contributed by atoms with E-state index in [1.807, 2.05) is 6.07 Å². The van der Waals surface area contributed by atoms with E-state index in [1.54, 1.807) is 0 Å². The van der Waals surface area contributed by atoms with E-state index in [-0.39, 0.29) is 14.9 Å². The Morgan fingerprint density at radius 3 is 1.80 bits per heavy atom. The quantitative estimate of drug-likeness (QED) is 0.175. The zero-order valence-corrected chi connectivity index (χ0v) is 26.4. The summed E-state index contributed by atoms with van der Waals surface area (Å²) in [5.41, 5.74) is 10.9. The van der Waals surface area contributed by atoms with Gasteiger partial charge in [-0.15, -0.1) is 12.0 Å². The van der Waals surface area contributed by atoms with Crippen molar-refractivity contribution in [3.05, 3.63) is 206 Å². The van der Waals surface area contributed by atoms with E-state index in [4.69, 9.17) is 0 Å². The van der Waals surface area contributed by atoms with Crippen LogP contribution in [0.3, 0.4) is 0 Å². The van der Waals surface area contributed by atoms with Crippen LogP contribution in [-0.2, 0) is 37.1 Å². The molecule has 0 saturated carbocycles. The van der Waals surface area contributed by atoms with Gasteiger partial charge in [0.05, 0.1) is 0 Å². The van der Waals surface area contributed by atoms with Crippen molar-refractivity contribution in [1.29, 1.82) is 0 Å². The fourth-order valence-electron chi connectivity index (χ4n) is 4.77. The molecule has 0 atom stereocenters. The SMILES string of the molecule is [C-]1=CC(Cc2ccccc2)=CC1.[CH3-].[CH3-].[Zr]=[C](c1ccccc1)c1ccccc1.[c-]1cccc2c1Cc1ccccc1-2. The van der Waals surface area contributed by atoms with Crippen LogP contribution in [-0.4, -0.2) is 3.21 Å². The van der Waals surface area contributed by atoms with Gasteiger partial charge in [0.2, 0.25) is 0 Å². The van der Waals surface area contributed by atoms with Crippen LogP contribution in [0.2, 0.25) is 0 Å². The monoisotopic (exact) mass is 606 g/mol. The second kappa shape index (κ2) is 16.6. The van der Waals surface area contributed by atoms with Gasteiger partial charge in [-0.1, -0.05) is 77.7 Å². The van der Waals surface area contributed by atoms with Crippen molar-refractivity contribution in [2.75, 3.05) is 0 Å². The van der Waals surface area contributed by atoms with Crippen molar-refractivity contribution in [1.82, 2.24) is 0 Å². The summed E-state index contributed by atoms with van der Waals surface area (Å²) in [5, 5.41) is 0. The average Bonchev–Trinajstić information content (AvgIpc) is 3.67. The third kappa shape index (κ3) is 8.91. The summed E-state index contributed by atoms with van der Waals surface area (Å²) >= 11 is 1.46. The van der Waals surface area contributed by atoms with Crippen molar-refractivity contribution >= 4 is 3.21 Å². The summed E-state index contributed by atoms with van der Waals surface area (Å²) in [6.45, 7) is 0. The first-order valence-corrected chi connectivity index (χ1v) is 14.6. The summed E-state index contributed by atoms with van der Waals surface area (Å²) < 4.78 is 1.42. The maximum atomic E-state index is 3.30. The molecular formula is C40H36Zr-4. The normalized spacial score (nSPS) is 11.5. The van der Waals surface area contributed by atoms with Gasteiger partial charge in [-0.2, -0.15) is 41.5 Å². The Morgan fingerprint density at radius 1 is 0.634 bits per heavy atom. The van der Waals surface area contributed by atoms with Crippen molar-refractivity contribution in [3.63, 3.8) is 0 Å². The first-order valence-electron chi connectivity index (χ1n) is 13.3. The second-order valence-corrected chi connectivity index (χ2v) is 10.7. The Kier molecular flexibility index (Phi) is 12.9. The van der Waals surface area contributed by atoms with E-state index >= 15 is 0 Å². The molecular weight excluding hydrogens is 572 g/mol. The molecule has 0 aliphatic heterocycles. The number of rotatable bonds is 4. The molecule has 1 heteroatoms. The van der Waals surface area contributed by atoms with Crippen LogP contribution in [0.25, 0.3) is 11.1 Å². The third-order valence-electron chi connectivity index (χ3n) is 6.76. The Labute approximate surface area is 262 Å². The van der Waals surface area contributed by atoms with Crippen LogP contribution >= 0.6 is 0 Å². The summed E-state index contributed by atoms with van der Waals surface area (Å²) in [6, 6.07) is 49.7. The molecule has 0 N–H and O–H groups in total. The maximum absolute atomic E-state index is 3.30. The number of hydrogen-bond donors (Lipinski definition) is 0. The molecule has 7 rings (SSSR count). The van der Waals surface area contributed by atoms with Gasteiger partial charge in [0.1, 0.15) is 0 Å². The van der Waals surface area contributed by atoms with Crippen molar-refractivity contribution in [2.24, 2.45) is 0 Å². The van der Waals surface area contributed by atoms with Crippen molar-refractivity contribution in [3.8, 4) is 11.1 Å². The molecule has 0 saturated heterocycles. The van der Waals surface area contributed by atoms with Crippen molar-refractivity contribution < 1.29 is 24.2 Å². The fraction of sp³-hybridized carbons (Fsp3) is 0.0750. The summed E-state index contributed by atoms with van der Waals surface area (Å²) in [7, 11) is 0. The topological polar surface area (TPSA) is 0 Å². The number of allylic oxidation sites excluding steroid dienone is 4. The predicted octanol–water partition coefficient (Wildman–Crippen LogP) is 9.68. The van der Waals surface area contributed by atoms with Gasteiger partial charge in [-0.25, -0.2) is 6.08 Å². The molecule has 2 aliphatic rings. The first-order chi connectivity index (χ1) is 19.3. The van der Waals surface area contributed by atoms with Crippen LogP contribution < -0.4 is 0 Å². The minimum absolute atomic E-state index is 0. The molecule has 0 nitrogen and oxygen atoms in total. The molecule has 204 valence electrons. The van der Waals surface area contributed by atoms with E-state index in [0.29, 0.717) is 0 Å². The summed E-state index contributed by atoms with van der Waals surface area (Å²) in [5.74, 6) is 0. The smallest absolute Gasteiger partial charge is 0.0253 e. The molecule has 41 heavy (non-hydrogen) atoms. The molecule has 5 aromatic rings. The molecule has 0 heterocycles. The maximum Gasteiger partial charge on any atom is -0.0253 e. The second-order valence-electron chi connectivity index (χ2n) is 9.50. The van der Waals surface area contributed by atoms with Gasteiger partial charge in [-0.3, -0.25) is 6.08 Å². The van der Waals surface area contributed by atoms with Gasteiger partial charge in [0.15, 0.2) is 0 Å². The molecule has 0 unspecified atom stereocenters. The van der Waals surface area contributed by atoms with Crippen molar-refractivity contribution in [2.45, 2.75) is 19.3 Å². The minimum atomic E-state index is 0. The number of benzene rings is 5. The van der Waals surface area contributed by atoms with Crippen LogP contribution in [0, 0.1) is 27.0 Å². The molecule has 0 spiro atoms. The van der Waals surface area contributed by atoms with Crippen LogP contribution in [0.15, 0.2) is 151 Å². The first kappa shape index (κ1) is 31.9. The largest absolute Gasteiger partial charge is 0.179 e. The van der Waals surface area contributed by atoms with Gasteiger partial charge in [0, 0.05) is 0 Å². The molecule has 0 bridgehead atoms. The standard InChI is InChI=1S/C13H9.C13H10.C12H11.2CH3.Zr/c1-3-7-12-10(5-1)9-11-6-2-4-8-13(11)12;1-3-7-12(8-4-1)11-13-9-5-2-6-10-13;1-2-6-11(7-3-1)10-12-8-4-5-9-12;;;/h1-5,7-8H,9H2;1-10H;1-3,6-9H,4,10H2;2*1H3;/q-1;;3*-1;. The van der Waals surface area contributed by atoms with E-state index in [2.05, 4.69) is 152 Å². The molecule has 0 amide bonds. The third-order valence-corrected chi connectivity index (χ3v) is 8.18. The zero-order chi connectivity index (χ0) is 26.7. The summed E-state index contributed by atoms with van der Waals surface area (Å²) in [6.07, 6.45) is 10.6. The Bertz CT molecular complexity index is 1480. The number of hydrogen-bond acceptors (Lipinski definition) is 0. The minimum Gasteiger partial charge on any atom is -0.179 e. The fourth-order valence-corrected chi connectivity index (χ4v) is 5.59. The molecule has 0 radical (unpaired) electrons. The predicted molar refractivity (Wildman–Crippen MR) is 173 cm³/mol. The van der Waals surface area contributed by atoms with E-state index in [0.717, 1.165) is 19.3 Å². The average molecular weight is 608 g/mol. The Hall–Kier alpha value is -3.67. The van der Waals surface area contributed by atoms with Crippen LogP contribution in [0.5, 0.6) is 0 Å². The van der Waals surface area contributed by atoms with Gasteiger partial charge in [0.25, 0.3) is 0 Å². The van der Waals surface area contributed by atoms with Crippen LogP contribution in [0.4, 0.5) is 0 Å². The number of fused-ring (bicyclic) bond motifs is 3. The molecule has 2 aliphatic carbocycles. The van der Waals surface area contributed by atoms with E-state index in [1.165, 1.54) is 72.0 Å². The van der Waals surface area contributed by atoms with Gasteiger partial charge in [-0.05, 0) is 6.42 Å². The molecule has 0 aromatic heterocycles. The van der Waals surface area contributed by atoms with E-state index in [9.17, 15) is 0 Å². The zero-order valence-electron chi connectivity index (χ0n) is 24.0. The van der Waals surface area contributed by atoms with Gasteiger partial charge < -0.3 is 14.9 Å². The Morgan fingerprint density at radius 2 is 1.20 bits per heavy atom. The molecule has 0 fully saturated rings. The van der Waals surface area contributed by atoms with E-state index < -0.39 is 0 Å². The summed E-state index contributed by atoms with van der Waals surface area (Å²) in [4.78, 5) is 0. The molecule has 5 aromatic carbocycles. The van der Waals surface area contributed by atoms with Crippen LogP contribution in [0.1, 0.15) is 34.2 Å². The van der Waals surface area contributed by atoms with Gasteiger partial charge >= 0.3 is 99.2 Å².